The molecular formula is C21H31N5O5S. The van der Waals surface area contributed by atoms with Gasteiger partial charge >= 0.3 is 6.01 Å². The van der Waals surface area contributed by atoms with E-state index in [-0.39, 0.29) is 34.9 Å². The molecular weight excluding hydrogens is 434 g/mol. The van der Waals surface area contributed by atoms with Gasteiger partial charge in [-0.25, -0.2) is 13.6 Å². The molecule has 2 N–H and O–H groups in total. The molecule has 1 aliphatic carbocycles. The predicted molar refractivity (Wildman–Crippen MR) is 117 cm³/mol. The molecule has 1 aliphatic heterocycles. The Balaban J connectivity index is 1.22. The Morgan fingerprint density at radius 1 is 1.09 bits per heavy atom. The van der Waals surface area contributed by atoms with Gasteiger partial charge < -0.3 is 18.9 Å². The Labute approximate surface area is 188 Å². The molecule has 0 radical (unpaired) electrons. The SMILES string of the molecule is CC(C)c1noc(N2CCC(O[C@H]3CC[C@H](Oc4ccncc4S(N)(=O)=O)CC3)CC2)n1. The van der Waals surface area contributed by atoms with E-state index in [0.29, 0.717) is 6.01 Å². The number of nitrogens with zero attached hydrogens (tertiary/aromatic N) is 4. The first kappa shape index (κ1) is 22.9. The summed E-state index contributed by atoms with van der Waals surface area (Å²) in [5, 5.41) is 9.31. The van der Waals surface area contributed by atoms with E-state index in [1.54, 1.807) is 6.07 Å². The van der Waals surface area contributed by atoms with Crippen molar-refractivity contribution < 1.29 is 22.4 Å². The van der Waals surface area contributed by atoms with Gasteiger partial charge in [-0.2, -0.15) is 4.98 Å². The first-order valence-corrected chi connectivity index (χ1v) is 12.7. The highest BCUT2D eigenvalue weighted by Gasteiger charge is 2.29. The van der Waals surface area contributed by atoms with E-state index in [9.17, 15) is 8.42 Å². The van der Waals surface area contributed by atoms with Crippen molar-refractivity contribution in [2.24, 2.45) is 5.14 Å². The highest BCUT2D eigenvalue weighted by molar-refractivity contribution is 7.89. The first-order valence-electron chi connectivity index (χ1n) is 11.2. The molecule has 2 fully saturated rings. The van der Waals surface area contributed by atoms with Crippen LogP contribution >= 0.6 is 0 Å². The fraction of sp³-hybridized carbons (Fsp3) is 0.667. The number of pyridine rings is 1. The molecule has 0 bridgehead atoms. The van der Waals surface area contributed by atoms with E-state index in [1.165, 1.54) is 12.4 Å². The highest BCUT2D eigenvalue weighted by atomic mass is 32.2. The summed E-state index contributed by atoms with van der Waals surface area (Å²) in [7, 11) is -3.87. The predicted octanol–water partition coefficient (Wildman–Crippen LogP) is 2.61. The van der Waals surface area contributed by atoms with Crippen LogP contribution in [-0.4, -0.2) is 54.9 Å². The lowest BCUT2D eigenvalue weighted by atomic mass is 9.94. The second-order valence-electron chi connectivity index (χ2n) is 8.80. The minimum atomic E-state index is -3.87. The van der Waals surface area contributed by atoms with Gasteiger partial charge in [0.05, 0.1) is 24.5 Å². The number of aromatic nitrogens is 3. The number of sulfonamides is 1. The number of piperidine rings is 1. The minimum absolute atomic E-state index is 0.0627. The van der Waals surface area contributed by atoms with E-state index >= 15 is 0 Å². The van der Waals surface area contributed by atoms with Gasteiger partial charge in [0.2, 0.25) is 10.0 Å². The summed E-state index contributed by atoms with van der Waals surface area (Å²) >= 11 is 0. The Hall–Kier alpha value is -2.24. The Bertz CT molecular complexity index is 996. The molecule has 2 aromatic rings. The third-order valence-corrected chi connectivity index (χ3v) is 6.93. The second-order valence-corrected chi connectivity index (χ2v) is 10.3. The largest absolute Gasteiger partial charge is 0.489 e. The van der Waals surface area contributed by atoms with Crippen LogP contribution in [0.1, 0.15) is 64.1 Å². The summed E-state index contributed by atoms with van der Waals surface area (Å²) < 4.78 is 41.2. The second kappa shape index (κ2) is 9.72. The maximum absolute atomic E-state index is 11.7. The normalized spacial score (nSPS) is 22.9. The maximum atomic E-state index is 11.7. The zero-order valence-electron chi connectivity index (χ0n) is 18.5. The van der Waals surface area contributed by atoms with Gasteiger partial charge in [-0.3, -0.25) is 4.98 Å². The fourth-order valence-corrected chi connectivity index (χ4v) is 4.79. The summed E-state index contributed by atoms with van der Waals surface area (Å²) in [6, 6.07) is 2.14. The molecule has 0 unspecified atom stereocenters. The van der Waals surface area contributed by atoms with Crippen molar-refractivity contribution in [2.75, 3.05) is 18.0 Å². The molecule has 1 saturated heterocycles. The molecule has 11 heteroatoms. The van der Waals surface area contributed by atoms with Crippen LogP contribution < -0.4 is 14.8 Å². The van der Waals surface area contributed by atoms with Crippen LogP contribution in [0.4, 0.5) is 6.01 Å². The molecule has 32 heavy (non-hydrogen) atoms. The summed E-state index contributed by atoms with van der Waals surface area (Å²) in [6.45, 7) is 5.76. The summed E-state index contributed by atoms with van der Waals surface area (Å²) in [5.74, 6) is 1.25. The van der Waals surface area contributed by atoms with Crippen LogP contribution in [0.2, 0.25) is 0 Å². The molecule has 1 saturated carbocycles. The van der Waals surface area contributed by atoms with Crippen molar-refractivity contribution in [1.29, 1.82) is 0 Å². The topological polar surface area (TPSA) is 134 Å². The number of primary sulfonamides is 1. The molecule has 10 nitrogen and oxygen atoms in total. The Morgan fingerprint density at radius 3 is 2.38 bits per heavy atom. The zero-order valence-corrected chi connectivity index (χ0v) is 19.3. The number of anilines is 1. The van der Waals surface area contributed by atoms with E-state index in [2.05, 4.69) is 20.0 Å². The van der Waals surface area contributed by atoms with Crippen molar-refractivity contribution in [3.8, 4) is 5.75 Å². The van der Waals surface area contributed by atoms with Crippen molar-refractivity contribution in [2.45, 2.75) is 81.5 Å². The highest BCUT2D eigenvalue weighted by Crippen LogP contribution is 2.30. The molecule has 3 heterocycles. The molecule has 2 aliphatic rings. The lowest BCUT2D eigenvalue weighted by Gasteiger charge is -2.35. The van der Waals surface area contributed by atoms with Crippen LogP contribution in [-0.2, 0) is 14.8 Å². The Morgan fingerprint density at radius 2 is 1.75 bits per heavy atom. The number of rotatable bonds is 7. The fourth-order valence-electron chi connectivity index (χ4n) is 4.19. The minimum Gasteiger partial charge on any atom is -0.489 e. The lowest BCUT2D eigenvalue weighted by Crippen LogP contribution is -2.39. The maximum Gasteiger partial charge on any atom is 0.324 e. The third-order valence-electron chi connectivity index (χ3n) is 6.01. The zero-order chi connectivity index (χ0) is 22.7. The quantitative estimate of drug-likeness (QED) is 0.655. The smallest absolute Gasteiger partial charge is 0.324 e. The van der Waals surface area contributed by atoms with E-state index in [0.717, 1.165) is 57.4 Å². The molecule has 0 amide bonds. The summed E-state index contributed by atoms with van der Waals surface area (Å²) in [6.07, 6.45) is 8.28. The van der Waals surface area contributed by atoms with Crippen LogP contribution in [0.25, 0.3) is 0 Å². The van der Waals surface area contributed by atoms with Crippen molar-refractivity contribution in [1.82, 2.24) is 15.1 Å². The van der Waals surface area contributed by atoms with E-state index in [4.69, 9.17) is 19.1 Å². The van der Waals surface area contributed by atoms with Gasteiger partial charge in [-0.1, -0.05) is 19.0 Å². The van der Waals surface area contributed by atoms with Crippen LogP contribution in [0.5, 0.6) is 5.75 Å². The molecule has 0 spiro atoms. The van der Waals surface area contributed by atoms with Crippen LogP contribution in [0.15, 0.2) is 27.9 Å². The Kier molecular flexibility index (Phi) is 6.96. The van der Waals surface area contributed by atoms with Gasteiger partial charge in [-0.05, 0) is 44.6 Å². The van der Waals surface area contributed by atoms with Crippen molar-refractivity contribution in [3.63, 3.8) is 0 Å². The molecule has 0 atom stereocenters. The number of nitrogens with two attached hydrogens (primary N) is 1. The third kappa shape index (κ3) is 5.57. The standard InChI is InChI=1S/C21H31N5O5S/c1-14(2)20-24-21(31-25-20)26-11-8-17(9-12-26)29-15-3-5-16(6-4-15)30-18-7-10-23-13-19(18)32(22,27)28/h7,10,13-17H,3-6,8-9,11-12H2,1-2H3,(H2,22,27,28)/t15-,16-. The number of ether oxygens (including phenoxy) is 2. The van der Waals surface area contributed by atoms with Gasteiger partial charge in [0.15, 0.2) is 5.82 Å². The average molecular weight is 466 g/mol. The molecule has 2 aromatic heterocycles. The molecule has 0 aromatic carbocycles. The number of hydrogen-bond acceptors (Lipinski definition) is 9. The first-order chi connectivity index (χ1) is 15.3. The summed E-state index contributed by atoms with van der Waals surface area (Å²) in [4.78, 5) is 10.4. The van der Waals surface area contributed by atoms with Gasteiger partial charge in [0.1, 0.15) is 10.6 Å². The van der Waals surface area contributed by atoms with E-state index in [1.807, 2.05) is 13.8 Å². The van der Waals surface area contributed by atoms with Crippen molar-refractivity contribution >= 4 is 16.0 Å². The number of hydrogen-bond donors (Lipinski definition) is 1. The van der Waals surface area contributed by atoms with Gasteiger partial charge in [-0.15, -0.1) is 0 Å². The lowest BCUT2D eigenvalue weighted by molar-refractivity contribution is -0.0532. The average Bonchev–Trinajstić information content (AvgIpc) is 3.26. The monoisotopic (exact) mass is 465 g/mol. The van der Waals surface area contributed by atoms with E-state index < -0.39 is 10.0 Å². The van der Waals surface area contributed by atoms with Gasteiger partial charge in [0.25, 0.3) is 0 Å². The van der Waals surface area contributed by atoms with Crippen molar-refractivity contribution in [3.05, 3.63) is 24.3 Å². The summed E-state index contributed by atoms with van der Waals surface area (Å²) in [5.41, 5.74) is 0. The van der Waals surface area contributed by atoms with Gasteiger partial charge in [0, 0.05) is 25.2 Å². The van der Waals surface area contributed by atoms with Crippen LogP contribution in [0, 0.1) is 0 Å². The molecule has 4 rings (SSSR count). The van der Waals surface area contributed by atoms with Crippen LogP contribution in [0.3, 0.4) is 0 Å². The molecule has 176 valence electrons.